The maximum absolute atomic E-state index is 12.7. The van der Waals surface area contributed by atoms with Crippen LogP contribution in [0.2, 0.25) is 0 Å². The van der Waals surface area contributed by atoms with Gasteiger partial charge in [-0.2, -0.15) is 0 Å². The number of benzene rings is 2. The van der Waals surface area contributed by atoms with Crippen molar-refractivity contribution in [3.63, 3.8) is 0 Å². The number of ether oxygens (including phenoxy) is 1. The van der Waals surface area contributed by atoms with Crippen LogP contribution in [0.25, 0.3) is 0 Å². The van der Waals surface area contributed by atoms with Gasteiger partial charge >= 0.3 is 5.97 Å². The number of carboxylic acid groups (broad SMARTS) is 1. The Bertz CT molecular complexity index is 893. The van der Waals surface area contributed by atoms with E-state index in [0.717, 1.165) is 12.8 Å². The highest BCUT2D eigenvalue weighted by molar-refractivity contribution is 5.97. The summed E-state index contributed by atoms with van der Waals surface area (Å²) >= 11 is 0. The number of hydrogen-bond acceptors (Lipinski definition) is 3. The summed E-state index contributed by atoms with van der Waals surface area (Å²) in [5.41, 5.74) is 3.47. The molecule has 3 rings (SSSR count). The van der Waals surface area contributed by atoms with E-state index in [9.17, 15) is 9.59 Å². The lowest BCUT2D eigenvalue weighted by Gasteiger charge is -2.42. The molecule has 0 spiro atoms. The topological polar surface area (TPSA) is 63.6 Å². The predicted molar refractivity (Wildman–Crippen MR) is 105 cm³/mol. The zero-order valence-corrected chi connectivity index (χ0v) is 16.3. The van der Waals surface area contributed by atoms with Gasteiger partial charge in [0.15, 0.2) is 12.4 Å². The number of hydrogen-bond donors (Lipinski definition) is 1. The van der Waals surface area contributed by atoms with Crippen molar-refractivity contribution in [1.29, 1.82) is 0 Å². The number of Topliss-reactive ketones (excluding diaryl/α,β-unsaturated/α-hetero) is 1. The fraction of sp³-hybridized carbons (Fsp3) is 0.391. The molecule has 27 heavy (non-hydrogen) atoms. The third kappa shape index (κ3) is 3.90. The van der Waals surface area contributed by atoms with E-state index < -0.39 is 5.97 Å². The lowest BCUT2D eigenvalue weighted by molar-refractivity contribution is 0.0696. The van der Waals surface area contributed by atoms with Gasteiger partial charge < -0.3 is 9.84 Å². The van der Waals surface area contributed by atoms with Crippen molar-refractivity contribution in [3.8, 4) is 5.75 Å². The lowest BCUT2D eigenvalue weighted by Crippen LogP contribution is -2.34. The molecule has 0 bridgehead atoms. The van der Waals surface area contributed by atoms with Crippen molar-refractivity contribution in [2.24, 2.45) is 0 Å². The van der Waals surface area contributed by atoms with Crippen LogP contribution >= 0.6 is 0 Å². The fourth-order valence-electron chi connectivity index (χ4n) is 3.71. The van der Waals surface area contributed by atoms with Crippen molar-refractivity contribution >= 4 is 11.8 Å². The van der Waals surface area contributed by atoms with E-state index in [1.54, 1.807) is 12.1 Å². The summed E-state index contributed by atoms with van der Waals surface area (Å²) in [5.74, 6) is -0.758. The Hall–Kier alpha value is -2.62. The van der Waals surface area contributed by atoms with Crippen molar-refractivity contribution in [1.82, 2.24) is 0 Å². The van der Waals surface area contributed by atoms with E-state index in [-0.39, 0.29) is 28.8 Å². The first-order valence-corrected chi connectivity index (χ1v) is 9.24. The molecule has 0 fully saturated rings. The summed E-state index contributed by atoms with van der Waals surface area (Å²) in [6, 6.07) is 12.1. The maximum Gasteiger partial charge on any atom is 0.335 e. The van der Waals surface area contributed by atoms with Crippen LogP contribution in [0.5, 0.6) is 5.75 Å². The first-order chi connectivity index (χ1) is 12.6. The highest BCUT2D eigenvalue weighted by atomic mass is 16.5. The minimum absolute atomic E-state index is 0.0395. The SMILES string of the molecule is CC1(C)CCC(C)(C)c2cc(C(=O)COc3cccc(C(=O)O)c3)ccc21. The van der Waals surface area contributed by atoms with Crippen molar-refractivity contribution in [3.05, 3.63) is 64.7 Å². The molecule has 0 radical (unpaired) electrons. The molecule has 0 saturated heterocycles. The molecule has 0 atom stereocenters. The molecule has 0 heterocycles. The van der Waals surface area contributed by atoms with E-state index in [1.165, 1.54) is 23.3 Å². The van der Waals surface area contributed by atoms with Gasteiger partial charge in [0.1, 0.15) is 5.75 Å². The van der Waals surface area contributed by atoms with Gasteiger partial charge in [0.2, 0.25) is 0 Å². The first kappa shape index (κ1) is 19.2. The van der Waals surface area contributed by atoms with E-state index >= 15 is 0 Å². The number of rotatable bonds is 5. The second kappa shape index (κ2) is 6.84. The fourth-order valence-corrected chi connectivity index (χ4v) is 3.71. The average Bonchev–Trinajstić information content (AvgIpc) is 2.63. The van der Waals surface area contributed by atoms with Gasteiger partial charge in [0.25, 0.3) is 0 Å². The smallest absolute Gasteiger partial charge is 0.335 e. The van der Waals surface area contributed by atoms with Crippen molar-refractivity contribution in [2.75, 3.05) is 6.61 Å². The predicted octanol–water partition coefficient (Wildman–Crippen LogP) is 5.00. The van der Waals surface area contributed by atoms with Crippen LogP contribution in [-0.2, 0) is 10.8 Å². The zero-order chi connectivity index (χ0) is 19.8. The molecule has 2 aromatic rings. The van der Waals surface area contributed by atoms with Gasteiger partial charge in [-0.3, -0.25) is 4.79 Å². The average molecular weight is 366 g/mol. The summed E-state index contributed by atoms with van der Waals surface area (Å²) < 4.78 is 5.54. The zero-order valence-electron chi connectivity index (χ0n) is 16.3. The lowest BCUT2D eigenvalue weighted by atomic mass is 9.63. The second-order valence-electron chi connectivity index (χ2n) is 8.57. The first-order valence-electron chi connectivity index (χ1n) is 9.24. The van der Waals surface area contributed by atoms with E-state index in [2.05, 4.69) is 33.8 Å². The number of carboxylic acids is 1. The standard InChI is InChI=1S/C23H26O4/c1-22(2)10-11-23(3,4)19-13-15(8-9-18(19)22)20(24)14-27-17-7-5-6-16(12-17)21(25)26/h5-9,12-13H,10-11,14H2,1-4H3,(H,25,26). The quantitative estimate of drug-likeness (QED) is 0.757. The minimum Gasteiger partial charge on any atom is -0.485 e. The molecule has 1 aliphatic carbocycles. The van der Waals surface area contributed by atoms with E-state index in [1.807, 2.05) is 12.1 Å². The van der Waals surface area contributed by atoms with Crippen LogP contribution in [0.1, 0.15) is 72.4 Å². The van der Waals surface area contributed by atoms with Crippen LogP contribution in [0.15, 0.2) is 42.5 Å². The summed E-state index contributed by atoms with van der Waals surface area (Å²) in [6.45, 7) is 8.83. The number of ketones is 1. The Morgan fingerprint density at radius 2 is 1.59 bits per heavy atom. The minimum atomic E-state index is -1.02. The molecule has 1 N–H and O–H groups in total. The highest BCUT2D eigenvalue weighted by Gasteiger charge is 2.37. The molecular formula is C23H26O4. The normalized spacial score (nSPS) is 17.0. The third-order valence-electron chi connectivity index (χ3n) is 5.63. The second-order valence-corrected chi connectivity index (χ2v) is 8.57. The Morgan fingerprint density at radius 3 is 2.26 bits per heavy atom. The van der Waals surface area contributed by atoms with Gasteiger partial charge in [-0.15, -0.1) is 0 Å². The molecular weight excluding hydrogens is 340 g/mol. The summed E-state index contributed by atoms with van der Waals surface area (Å²) in [4.78, 5) is 23.7. The summed E-state index contributed by atoms with van der Waals surface area (Å²) in [5, 5.41) is 9.05. The molecule has 0 aliphatic heterocycles. The summed E-state index contributed by atoms with van der Waals surface area (Å²) in [7, 11) is 0. The number of carbonyl (C=O) groups is 2. The third-order valence-corrected chi connectivity index (χ3v) is 5.63. The summed E-state index contributed by atoms with van der Waals surface area (Å²) in [6.07, 6.45) is 2.21. The molecule has 2 aromatic carbocycles. The molecule has 0 aromatic heterocycles. The van der Waals surface area contributed by atoms with Gasteiger partial charge in [-0.25, -0.2) is 4.79 Å². The van der Waals surface area contributed by atoms with Crippen molar-refractivity contribution < 1.29 is 19.4 Å². The number of aromatic carboxylic acids is 1. The van der Waals surface area contributed by atoms with Crippen LogP contribution in [-0.4, -0.2) is 23.5 Å². The van der Waals surface area contributed by atoms with Crippen LogP contribution in [0, 0.1) is 0 Å². The van der Waals surface area contributed by atoms with Gasteiger partial charge in [-0.1, -0.05) is 45.9 Å². The molecule has 4 nitrogen and oxygen atoms in total. The van der Waals surface area contributed by atoms with Crippen LogP contribution in [0.3, 0.4) is 0 Å². The highest BCUT2D eigenvalue weighted by Crippen LogP contribution is 2.45. The Kier molecular flexibility index (Phi) is 4.85. The molecule has 0 unspecified atom stereocenters. The van der Waals surface area contributed by atoms with Crippen LogP contribution < -0.4 is 4.74 Å². The Balaban J connectivity index is 1.80. The largest absolute Gasteiger partial charge is 0.485 e. The number of fused-ring (bicyclic) bond motifs is 1. The Morgan fingerprint density at radius 1 is 0.926 bits per heavy atom. The number of carbonyl (C=O) groups excluding carboxylic acids is 1. The van der Waals surface area contributed by atoms with Gasteiger partial charge in [0, 0.05) is 5.56 Å². The molecule has 1 aliphatic rings. The van der Waals surface area contributed by atoms with E-state index in [4.69, 9.17) is 9.84 Å². The molecule has 142 valence electrons. The Labute approximate surface area is 160 Å². The van der Waals surface area contributed by atoms with E-state index in [0.29, 0.717) is 11.3 Å². The monoisotopic (exact) mass is 366 g/mol. The van der Waals surface area contributed by atoms with Crippen molar-refractivity contribution in [2.45, 2.75) is 51.4 Å². The van der Waals surface area contributed by atoms with Crippen LogP contribution in [0.4, 0.5) is 0 Å². The van der Waals surface area contributed by atoms with Gasteiger partial charge in [0.05, 0.1) is 5.56 Å². The molecule has 0 saturated carbocycles. The maximum atomic E-state index is 12.7. The molecule has 4 heteroatoms. The molecule has 0 amide bonds. The van der Waals surface area contributed by atoms with Gasteiger partial charge in [-0.05, 0) is 59.1 Å².